The van der Waals surface area contributed by atoms with Gasteiger partial charge in [0.05, 0.1) is 0 Å². The zero-order chi connectivity index (χ0) is 9.52. The van der Waals surface area contributed by atoms with Gasteiger partial charge in [0.2, 0.25) is 0 Å². The largest absolute Gasteiger partial charge is 0.783 e. The van der Waals surface area contributed by atoms with E-state index in [1.165, 1.54) is 5.56 Å². The van der Waals surface area contributed by atoms with Gasteiger partial charge in [-0.2, -0.15) is 0 Å². The standard InChI is InChI=1S/C10H13NOS/c12-10(8-13)11-7-6-9-4-2-1-3-5-9/h1-5,13H,6-8H2,(H,11,12)/p-1. The smallest absolute Gasteiger partial charge is 0.196 e. The van der Waals surface area contributed by atoms with Gasteiger partial charge in [0.15, 0.2) is 5.91 Å². The third kappa shape index (κ3) is 3.99. The molecule has 0 aliphatic rings. The van der Waals surface area contributed by atoms with Crippen molar-refractivity contribution in [1.82, 2.24) is 5.32 Å². The average Bonchev–Trinajstić information content (AvgIpc) is 2.19. The van der Waals surface area contributed by atoms with Crippen LogP contribution in [0.3, 0.4) is 0 Å². The number of carbonyl (C=O) groups excluding carboxylic acids is 1. The van der Waals surface area contributed by atoms with Gasteiger partial charge in [0.25, 0.3) is 0 Å². The topological polar surface area (TPSA) is 29.1 Å². The highest BCUT2D eigenvalue weighted by Crippen LogP contribution is 1.97. The summed E-state index contributed by atoms with van der Waals surface area (Å²) in [4.78, 5) is 10.8. The molecule has 0 unspecified atom stereocenters. The van der Waals surface area contributed by atoms with Crippen LogP contribution in [0.5, 0.6) is 0 Å². The number of carbonyl (C=O) groups is 1. The molecule has 0 saturated heterocycles. The molecule has 0 aliphatic carbocycles. The molecule has 1 rings (SSSR count). The van der Waals surface area contributed by atoms with Crippen LogP contribution in [0.4, 0.5) is 0 Å². The molecular formula is C10H12NOS-. The minimum Gasteiger partial charge on any atom is -0.783 e. The first-order valence-corrected chi connectivity index (χ1v) is 4.79. The summed E-state index contributed by atoms with van der Waals surface area (Å²) in [5, 5.41) is 2.74. The van der Waals surface area contributed by atoms with E-state index in [0.29, 0.717) is 6.54 Å². The molecule has 0 aliphatic heterocycles. The summed E-state index contributed by atoms with van der Waals surface area (Å²) >= 11 is 4.59. The molecule has 13 heavy (non-hydrogen) atoms. The van der Waals surface area contributed by atoms with Crippen LogP contribution in [-0.4, -0.2) is 18.2 Å². The van der Waals surface area contributed by atoms with E-state index in [9.17, 15) is 4.79 Å². The van der Waals surface area contributed by atoms with Gasteiger partial charge in [0, 0.05) is 6.54 Å². The number of hydrogen-bond donors (Lipinski definition) is 1. The normalized spacial score (nSPS) is 9.62. The lowest BCUT2D eigenvalue weighted by Crippen LogP contribution is -2.27. The Morgan fingerprint density at radius 2 is 2.00 bits per heavy atom. The number of rotatable bonds is 4. The molecule has 3 heteroatoms. The Hall–Kier alpha value is -0.960. The molecule has 0 atom stereocenters. The lowest BCUT2D eigenvalue weighted by atomic mass is 10.1. The van der Waals surface area contributed by atoms with Crippen molar-refractivity contribution in [2.75, 3.05) is 12.3 Å². The van der Waals surface area contributed by atoms with E-state index in [2.05, 4.69) is 17.9 Å². The summed E-state index contributed by atoms with van der Waals surface area (Å²) in [5.41, 5.74) is 1.23. The Bertz CT molecular complexity index is 261. The second kappa shape index (κ2) is 5.65. The van der Waals surface area contributed by atoms with E-state index in [-0.39, 0.29) is 11.7 Å². The fraction of sp³-hybridized carbons (Fsp3) is 0.300. The van der Waals surface area contributed by atoms with Crippen molar-refractivity contribution in [2.24, 2.45) is 0 Å². The molecule has 0 spiro atoms. The highest BCUT2D eigenvalue weighted by Gasteiger charge is 1.92. The minimum absolute atomic E-state index is 0.0640. The highest BCUT2D eigenvalue weighted by atomic mass is 32.1. The van der Waals surface area contributed by atoms with E-state index >= 15 is 0 Å². The van der Waals surface area contributed by atoms with Crippen LogP contribution in [0.25, 0.3) is 0 Å². The van der Waals surface area contributed by atoms with E-state index < -0.39 is 0 Å². The number of amides is 1. The molecule has 2 nitrogen and oxygen atoms in total. The van der Waals surface area contributed by atoms with Gasteiger partial charge < -0.3 is 17.9 Å². The van der Waals surface area contributed by atoms with Gasteiger partial charge in [-0.3, -0.25) is 4.79 Å². The third-order valence-corrected chi connectivity index (χ3v) is 1.97. The second-order valence-electron chi connectivity index (χ2n) is 2.73. The van der Waals surface area contributed by atoms with Crippen molar-refractivity contribution >= 4 is 18.5 Å². The molecule has 0 radical (unpaired) electrons. The first-order chi connectivity index (χ1) is 6.33. The van der Waals surface area contributed by atoms with Crippen LogP contribution >= 0.6 is 0 Å². The van der Waals surface area contributed by atoms with Gasteiger partial charge in [-0.05, 0) is 12.0 Å². The van der Waals surface area contributed by atoms with Crippen molar-refractivity contribution in [1.29, 1.82) is 0 Å². The van der Waals surface area contributed by atoms with Crippen molar-refractivity contribution in [3.05, 3.63) is 35.9 Å². The van der Waals surface area contributed by atoms with Crippen molar-refractivity contribution in [2.45, 2.75) is 6.42 Å². The lowest BCUT2D eigenvalue weighted by molar-refractivity contribution is -0.118. The Balaban J connectivity index is 2.24. The van der Waals surface area contributed by atoms with Crippen LogP contribution in [0.2, 0.25) is 0 Å². The molecule has 1 aromatic carbocycles. The van der Waals surface area contributed by atoms with Gasteiger partial charge in [-0.1, -0.05) is 36.1 Å². The SMILES string of the molecule is O=C(C[S-])NCCc1ccccc1. The molecule has 70 valence electrons. The predicted molar refractivity (Wildman–Crippen MR) is 55.4 cm³/mol. The average molecular weight is 194 g/mol. The molecular weight excluding hydrogens is 182 g/mol. The fourth-order valence-corrected chi connectivity index (χ4v) is 1.14. The predicted octanol–water partition coefficient (Wildman–Crippen LogP) is 0.892. The summed E-state index contributed by atoms with van der Waals surface area (Å²) in [6.45, 7) is 0.666. The van der Waals surface area contributed by atoms with Gasteiger partial charge in [-0.25, -0.2) is 0 Å². The molecule has 1 aromatic rings. The van der Waals surface area contributed by atoms with E-state index in [1.54, 1.807) is 0 Å². The number of nitrogens with one attached hydrogen (secondary N) is 1. The van der Waals surface area contributed by atoms with E-state index in [1.807, 2.05) is 30.3 Å². The Morgan fingerprint density at radius 1 is 1.31 bits per heavy atom. The van der Waals surface area contributed by atoms with Crippen LogP contribution in [0.1, 0.15) is 5.56 Å². The zero-order valence-electron chi connectivity index (χ0n) is 7.32. The molecule has 0 fully saturated rings. The molecule has 0 aromatic heterocycles. The van der Waals surface area contributed by atoms with Gasteiger partial charge in [0.1, 0.15) is 0 Å². The minimum atomic E-state index is -0.0640. The quantitative estimate of drug-likeness (QED) is 0.721. The maximum atomic E-state index is 10.8. The van der Waals surface area contributed by atoms with Crippen LogP contribution in [-0.2, 0) is 23.8 Å². The molecule has 0 bridgehead atoms. The summed E-state index contributed by atoms with van der Waals surface area (Å²) in [6.07, 6.45) is 0.863. The van der Waals surface area contributed by atoms with Gasteiger partial charge >= 0.3 is 0 Å². The molecule has 1 N–H and O–H groups in total. The molecule has 1 amide bonds. The maximum Gasteiger partial charge on any atom is 0.196 e. The van der Waals surface area contributed by atoms with Crippen LogP contribution in [0, 0.1) is 0 Å². The summed E-state index contributed by atoms with van der Waals surface area (Å²) in [5.74, 6) is 0.0837. The molecule has 0 heterocycles. The van der Waals surface area contributed by atoms with Crippen LogP contribution in [0.15, 0.2) is 30.3 Å². The van der Waals surface area contributed by atoms with Crippen molar-refractivity contribution in [3.8, 4) is 0 Å². The maximum absolute atomic E-state index is 10.8. The summed E-state index contributed by atoms with van der Waals surface area (Å²) < 4.78 is 0. The van der Waals surface area contributed by atoms with Crippen molar-refractivity contribution < 1.29 is 4.79 Å². The monoisotopic (exact) mass is 194 g/mol. The Kier molecular flexibility index (Phi) is 4.40. The fourth-order valence-electron chi connectivity index (χ4n) is 1.04. The first kappa shape index (κ1) is 10.1. The molecule has 0 saturated carbocycles. The van der Waals surface area contributed by atoms with E-state index in [4.69, 9.17) is 0 Å². The summed E-state index contributed by atoms with van der Waals surface area (Å²) in [6, 6.07) is 10.0. The first-order valence-electron chi connectivity index (χ1n) is 4.21. The second-order valence-corrected chi connectivity index (χ2v) is 3.02. The van der Waals surface area contributed by atoms with Crippen molar-refractivity contribution in [3.63, 3.8) is 0 Å². The Labute approximate surface area is 83.8 Å². The lowest BCUT2D eigenvalue weighted by Gasteiger charge is -2.06. The summed E-state index contributed by atoms with van der Waals surface area (Å²) in [7, 11) is 0. The zero-order valence-corrected chi connectivity index (χ0v) is 8.14. The van der Waals surface area contributed by atoms with E-state index in [0.717, 1.165) is 6.42 Å². The Morgan fingerprint density at radius 3 is 2.62 bits per heavy atom. The number of benzene rings is 1. The highest BCUT2D eigenvalue weighted by molar-refractivity contribution is 7.59. The third-order valence-electron chi connectivity index (χ3n) is 1.71. The number of hydrogen-bond acceptors (Lipinski definition) is 2. The van der Waals surface area contributed by atoms with Crippen LogP contribution < -0.4 is 5.32 Å². The van der Waals surface area contributed by atoms with Gasteiger partial charge in [-0.15, -0.1) is 0 Å².